The standard InChI is InChI=1S/C25H34N8O5S/c1-16(15-37-2)38-25-30-22(23(34)28-18-8-12-33(14-18)39(3,35)36)29-24(31-25)32-10-6-17(7-11-32)20-13-27-21-19(20)5-4-9-26-21/h4-5,9,13,16-18H,6-8,10-12,14-15H2,1-3H3,(H,26,27)(H,28,34)/t16?,18-/m0/s1. The molecule has 2 aliphatic heterocycles. The van der Waals surface area contributed by atoms with Gasteiger partial charge in [-0.25, -0.2) is 17.7 Å². The lowest BCUT2D eigenvalue weighted by Gasteiger charge is -2.32. The van der Waals surface area contributed by atoms with Crippen molar-refractivity contribution in [3.8, 4) is 6.01 Å². The van der Waals surface area contributed by atoms with Crippen LogP contribution in [0.3, 0.4) is 0 Å². The fraction of sp³-hybridized carbons (Fsp3) is 0.560. The number of hydrogen-bond donors (Lipinski definition) is 2. The first-order chi connectivity index (χ1) is 18.7. The van der Waals surface area contributed by atoms with Crippen LogP contribution in [0.1, 0.15) is 48.3 Å². The van der Waals surface area contributed by atoms with E-state index in [4.69, 9.17) is 9.47 Å². The molecule has 39 heavy (non-hydrogen) atoms. The van der Waals surface area contributed by atoms with Crippen molar-refractivity contribution in [1.82, 2.24) is 34.5 Å². The highest BCUT2D eigenvalue weighted by molar-refractivity contribution is 7.88. The second-order valence-corrected chi connectivity index (χ2v) is 12.1. The number of methoxy groups -OCH3 is 1. The molecule has 210 valence electrons. The van der Waals surface area contributed by atoms with Crippen LogP contribution in [0.5, 0.6) is 6.01 Å². The zero-order chi connectivity index (χ0) is 27.6. The molecule has 0 aliphatic carbocycles. The van der Waals surface area contributed by atoms with Crippen LogP contribution in [0, 0.1) is 0 Å². The third kappa shape index (κ3) is 6.28. The SMILES string of the molecule is COCC(C)Oc1nc(C(=O)N[C@H]2CCN(S(C)(=O)=O)C2)nc(N2CCC(c3c[nH]c4ncccc34)CC2)n1. The number of anilines is 1. The molecule has 2 saturated heterocycles. The molecule has 0 spiro atoms. The Labute approximate surface area is 227 Å². The summed E-state index contributed by atoms with van der Waals surface area (Å²) < 4.78 is 36.1. The molecule has 2 N–H and O–H groups in total. The number of carbonyl (C=O) groups is 1. The maximum Gasteiger partial charge on any atom is 0.322 e. The zero-order valence-corrected chi connectivity index (χ0v) is 23.1. The highest BCUT2D eigenvalue weighted by atomic mass is 32.2. The third-order valence-corrected chi connectivity index (χ3v) is 8.44. The zero-order valence-electron chi connectivity index (χ0n) is 22.3. The largest absolute Gasteiger partial charge is 0.458 e. The molecule has 0 saturated carbocycles. The van der Waals surface area contributed by atoms with Crippen molar-refractivity contribution in [1.29, 1.82) is 0 Å². The second-order valence-electron chi connectivity index (χ2n) is 10.1. The van der Waals surface area contributed by atoms with E-state index in [1.165, 1.54) is 16.1 Å². The average molecular weight is 559 g/mol. The molecule has 1 amide bonds. The van der Waals surface area contributed by atoms with E-state index in [2.05, 4.69) is 36.3 Å². The van der Waals surface area contributed by atoms with Gasteiger partial charge in [0.25, 0.3) is 5.91 Å². The Kier molecular flexibility index (Phi) is 7.96. The first-order valence-electron chi connectivity index (χ1n) is 13.1. The van der Waals surface area contributed by atoms with Crippen LogP contribution in [0.15, 0.2) is 24.5 Å². The summed E-state index contributed by atoms with van der Waals surface area (Å²) in [5, 5.41) is 4.01. The molecule has 2 fully saturated rings. The fourth-order valence-corrected chi connectivity index (χ4v) is 6.08. The lowest BCUT2D eigenvalue weighted by Crippen LogP contribution is -2.39. The highest BCUT2D eigenvalue weighted by Gasteiger charge is 2.31. The predicted molar refractivity (Wildman–Crippen MR) is 144 cm³/mol. The number of hydrogen-bond acceptors (Lipinski definition) is 10. The molecule has 3 aromatic heterocycles. The van der Waals surface area contributed by atoms with Crippen molar-refractivity contribution in [3.05, 3.63) is 35.9 Å². The van der Waals surface area contributed by atoms with E-state index in [1.54, 1.807) is 13.3 Å². The Bertz CT molecular complexity index is 1420. The molecule has 0 radical (unpaired) electrons. The molecule has 0 aromatic carbocycles. The first-order valence-corrected chi connectivity index (χ1v) is 14.9. The van der Waals surface area contributed by atoms with Crippen molar-refractivity contribution in [2.45, 2.75) is 44.2 Å². The summed E-state index contributed by atoms with van der Waals surface area (Å²) in [6, 6.07) is 3.75. The number of nitrogens with one attached hydrogen (secondary N) is 2. The number of nitrogens with zero attached hydrogens (tertiary/aromatic N) is 6. The highest BCUT2D eigenvalue weighted by Crippen LogP contribution is 2.33. The minimum absolute atomic E-state index is 0.0451. The van der Waals surface area contributed by atoms with Crippen LogP contribution in [-0.2, 0) is 14.8 Å². The fourth-order valence-electron chi connectivity index (χ4n) is 5.19. The van der Waals surface area contributed by atoms with Gasteiger partial charge in [0.15, 0.2) is 0 Å². The third-order valence-electron chi connectivity index (χ3n) is 7.17. The molecule has 1 unspecified atom stereocenters. The van der Waals surface area contributed by atoms with Gasteiger partial charge in [-0.3, -0.25) is 4.79 Å². The van der Waals surface area contributed by atoms with E-state index >= 15 is 0 Å². The molecule has 5 rings (SSSR count). The summed E-state index contributed by atoms with van der Waals surface area (Å²) in [6.45, 7) is 4.12. The lowest BCUT2D eigenvalue weighted by atomic mass is 9.89. The monoisotopic (exact) mass is 558 g/mol. The van der Waals surface area contributed by atoms with Crippen LogP contribution >= 0.6 is 0 Å². The van der Waals surface area contributed by atoms with Gasteiger partial charge in [-0.1, -0.05) is 0 Å². The summed E-state index contributed by atoms with van der Waals surface area (Å²) in [4.78, 5) is 36.1. The molecule has 3 aromatic rings. The van der Waals surface area contributed by atoms with Gasteiger partial charge in [0, 0.05) is 57.1 Å². The smallest absolute Gasteiger partial charge is 0.322 e. The lowest BCUT2D eigenvalue weighted by molar-refractivity contribution is 0.0836. The van der Waals surface area contributed by atoms with E-state index in [-0.39, 0.29) is 30.5 Å². The van der Waals surface area contributed by atoms with Crippen molar-refractivity contribution in [3.63, 3.8) is 0 Å². The van der Waals surface area contributed by atoms with Crippen LogP contribution in [0.2, 0.25) is 0 Å². The summed E-state index contributed by atoms with van der Waals surface area (Å²) in [7, 11) is -1.74. The number of rotatable bonds is 9. The van der Waals surface area contributed by atoms with Gasteiger partial charge in [-0.05, 0) is 49.8 Å². The minimum Gasteiger partial charge on any atom is -0.458 e. The van der Waals surface area contributed by atoms with Crippen LogP contribution in [-0.4, -0.2) is 102 Å². The normalized spacial score (nSPS) is 19.9. The van der Waals surface area contributed by atoms with E-state index in [1.807, 2.05) is 24.1 Å². The molecular weight excluding hydrogens is 524 g/mol. The number of sulfonamides is 1. The Balaban J connectivity index is 1.32. The Hall–Kier alpha value is -3.36. The number of H-pyrrole nitrogens is 1. The summed E-state index contributed by atoms with van der Waals surface area (Å²) in [6.07, 6.45) is 6.94. The predicted octanol–water partition coefficient (Wildman–Crippen LogP) is 1.31. The Morgan fingerprint density at radius 1 is 1.21 bits per heavy atom. The Morgan fingerprint density at radius 2 is 2.00 bits per heavy atom. The van der Waals surface area contributed by atoms with Crippen molar-refractivity contribution < 1.29 is 22.7 Å². The van der Waals surface area contributed by atoms with Gasteiger partial charge >= 0.3 is 6.01 Å². The van der Waals surface area contributed by atoms with Gasteiger partial charge in [0.05, 0.1) is 12.9 Å². The van der Waals surface area contributed by atoms with Gasteiger partial charge in [-0.15, -0.1) is 0 Å². The van der Waals surface area contributed by atoms with E-state index in [0.717, 1.165) is 23.9 Å². The summed E-state index contributed by atoms with van der Waals surface area (Å²) in [5.41, 5.74) is 2.14. The van der Waals surface area contributed by atoms with Gasteiger partial charge in [-0.2, -0.15) is 15.0 Å². The van der Waals surface area contributed by atoms with Crippen LogP contribution in [0.25, 0.3) is 11.0 Å². The summed E-state index contributed by atoms with van der Waals surface area (Å²) >= 11 is 0. The molecule has 5 heterocycles. The van der Waals surface area contributed by atoms with E-state index in [0.29, 0.717) is 44.5 Å². The number of aromatic amines is 1. The van der Waals surface area contributed by atoms with Crippen LogP contribution in [0.4, 0.5) is 5.95 Å². The van der Waals surface area contributed by atoms with Crippen molar-refractivity contribution in [2.24, 2.45) is 0 Å². The first kappa shape index (κ1) is 27.2. The topological polar surface area (TPSA) is 156 Å². The number of amides is 1. The van der Waals surface area contributed by atoms with Gasteiger partial charge in [0.1, 0.15) is 11.8 Å². The Morgan fingerprint density at radius 3 is 2.72 bits per heavy atom. The molecule has 0 bridgehead atoms. The quantitative estimate of drug-likeness (QED) is 0.393. The maximum atomic E-state index is 13.1. The van der Waals surface area contributed by atoms with Crippen molar-refractivity contribution in [2.75, 3.05) is 51.1 Å². The van der Waals surface area contributed by atoms with Crippen LogP contribution < -0.4 is 15.0 Å². The van der Waals surface area contributed by atoms with Gasteiger partial charge < -0.3 is 24.7 Å². The second kappa shape index (κ2) is 11.4. The number of carbonyl (C=O) groups excluding carboxylic acids is 1. The average Bonchev–Trinajstić information content (AvgIpc) is 3.56. The minimum atomic E-state index is -3.32. The number of piperidine rings is 1. The van der Waals surface area contributed by atoms with Crippen molar-refractivity contribution >= 4 is 32.9 Å². The molecule has 13 nitrogen and oxygen atoms in total. The molecule has 2 aliphatic rings. The number of fused-ring (bicyclic) bond motifs is 1. The van der Waals surface area contributed by atoms with E-state index in [9.17, 15) is 13.2 Å². The molecule has 14 heteroatoms. The van der Waals surface area contributed by atoms with Gasteiger partial charge in [0.2, 0.25) is 21.8 Å². The summed E-state index contributed by atoms with van der Waals surface area (Å²) in [5.74, 6) is 0.172. The molecule has 2 atom stereocenters. The number of aromatic nitrogens is 5. The number of ether oxygens (including phenoxy) is 2. The number of pyridine rings is 1. The van der Waals surface area contributed by atoms with E-state index < -0.39 is 15.9 Å². The molecular formula is C25H34N8O5S. The maximum absolute atomic E-state index is 13.1.